The highest BCUT2D eigenvalue weighted by Gasteiger charge is 2.49. The molecule has 2 atom stereocenters. The molecule has 0 saturated carbocycles. The summed E-state index contributed by atoms with van der Waals surface area (Å²) in [5, 5.41) is 8.24. The van der Waals surface area contributed by atoms with E-state index in [0.29, 0.717) is 0 Å². The number of aryl methyl sites for hydroxylation is 1. The molecule has 0 amide bonds. The number of hydrogen-bond donors (Lipinski definition) is 0. The Morgan fingerprint density at radius 3 is 1.20 bits per heavy atom. The molecule has 20 rings (SSSR count). The largest absolute Gasteiger partial charge is 0.309 e. The fourth-order valence-electron chi connectivity index (χ4n) is 16.0. The minimum Gasteiger partial charge on any atom is -0.309 e. The number of para-hydroxylation sites is 4. The van der Waals surface area contributed by atoms with Gasteiger partial charge in [-0.2, -0.15) is 0 Å². The zero-order chi connectivity index (χ0) is 61.4. The lowest BCUT2D eigenvalue weighted by Crippen LogP contribution is -2.37. The van der Waals surface area contributed by atoms with Crippen LogP contribution in [0.2, 0.25) is 0 Å². The molecular formula is C85H54N4O2P2. The van der Waals surface area contributed by atoms with Crippen LogP contribution in [0.25, 0.3) is 133 Å². The molecule has 0 fully saturated rings. The van der Waals surface area contributed by atoms with Gasteiger partial charge in [0.1, 0.15) is 0 Å². The Morgan fingerprint density at radius 2 is 0.602 bits per heavy atom. The van der Waals surface area contributed by atoms with E-state index in [9.17, 15) is 0 Å². The predicted octanol–water partition coefficient (Wildman–Crippen LogP) is 21.2. The maximum atomic E-state index is 17.0. The van der Waals surface area contributed by atoms with Crippen molar-refractivity contribution in [1.82, 2.24) is 9.13 Å². The third kappa shape index (κ3) is 7.25. The standard InChI is InChI=1S/C85H54N4O2P2/c1-53-30-44-76-70(48-53)72-50-57(38-45-77(72)87(76)61-42-47-81-73(52-61)68-22-8-15-29-84(68)92(90)82-27-13-6-20-66(82)64-18-4-11-25-78(64)88(81)92)54-31-33-55(34-32-54)59-37-43-69-71-49-58(56-35-40-60(41-36-56)86-74-23-9-2-16-62(74)63-17-3-10-24-75(63)86)39-46-80(71)89-79-26-12-5-19-65(79)67-21-7-14-28-83(67)93(89,91)85(69)51-59/h2-52H,1H3. The van der Waals surface area contributed by atoms with Crippen LogP contribution in [0.15, 0.2) is 309 Å². The fourth-order valence-corrected chi connectivity index (χ4v) is 22.6. The molecule has 6 nitrogen and oxygen atoms in total. The van der Waals surface area contributed by atoms with E-state index in [-0.39, 0.29) is 0 Å². The number of hydrogen-bond acceptors (Lipinski definition) is 2. The molecular weight excluding hydrogens is 1170 g/mol. The molecule has 4 aliphatic rings. The minimum absolute atomic E-state index is 0.834. The molecule has 0 N–H and O–H groups in total. The Balaban J connectivity index is 0.680. The number of aromatic nitrogens is 2. The quantitative estimate of drug-likeness (QED) is 0.161. The molecule has 16 aromatic rings. The van der Waals surface area contributed by atoms with Crippen molar-refractivity contribution in [2.75, 3.05) is 9.34 Å². The normalized spacial score (nSPS) is 16.1. The second-order valence-electron chi connectivity index (χ2n) is 25.1. The molecule has 0 radical (unpaired) electrons. The highest BCUT2D eigenvalue weighted by atomic mass is 31.2. The Hall–Kier alpha value is -11.3. The highest BCUT2D eigenvalue weighted by molar-refractivity contribution is 7.81. The third-order valence-corrected chi connectivity index (χ3v) is 26.3. The maximum absolute atomic E-state index is 17.0. The van der Waals surface area contributed by atoms with E-state index in [1.165, 1.54) is 32.8 Å². The van der Waals surface area contributed by atoms with Gasteiger partial charge in [0, 0.05) is 76.4 Å². The lowest BCUT2D eigenvalue weighted by Gasteiger charge is -2.44. The van der Waals surface area contributed by atoms with Gasteiger partial charge in [0.15, 0.2) is 0 Å². The molecule has 0 spiro atoms. The van der Waals surface area contributed by atoms with E-state index in [4.69, 9.17) is 0 Å². The van der Waals surface area contributed by atoms with Gasteiger partial charge < -0.3 is 9.13 Å². The molecule has 0 aliphatic carbocycles. The molecule has 0 bridgehead atoms. The Morgan fingerprint density at radius 1 is 0.237 bits per heavy atom. The molecule has 0 saturated heterocycles. The predicted molar refractivity (Wildman–Crippen MR) is 389 cm³/mol. The summed E-state index contributed by atoms with van der Waals surface area (Å²) in [5.74, 6) is 0. The first-order valence-electron chi connectivity index (χ1n) is 31.8. The van der Waals surface area contributed by atoms with Crippen LogP contribution >= 0.6 is 14.6 Å². The summed E-state index contributed by atoms with van der Waals surface area (Å²) in [6.07, 6.45) is 0. The van der Waals surface area contributed by atoms with Gasteiger partial charge >= 0.3 is 0 Å². The van der Waals surface area contributed by atoms with Crippen LogP contribution in [0.3, 0.4) is 0 Å². The molecule has 436 valence electrons. The van der Waals surface area contributed by atoms with Crippen molar-refractivity contribution in [1.29, 1.82) is 0 Å². The Labute approximate surface area is 537 Å². The molecule has 14 aromatic carbocycles. The zero-order valence-electron chi connectivity index (χ0n) is 50.4. The van der Waals surface area contributed by atoms with E-state index in [1.807, 2.05) is 24.3 Å². The molecule has 93 heavy (non-hydrogen) atoms. The second kappa shape index (κ2) is 19.4. The first-order chi connectivity index (χ1) is 45.8. The van der Waals surface area contributed by atoms with Crippen molar-refractivity contribution in [2.24, 2.45) is 0 Å². The van der Waals surface area contributed by atoms with Crippen LogP contribution in [-0.4, -0.2) is 9.13 Å². The van der Waals surface area contributed by atoms with Gasteiger partial charge in [-0.15, -0.1) is 0 Å². The van der Waals surface area contributed by atoms with Gasteiger partial charge in [0.25, 0.3) is 0 Å². The number of benzene rings is 14. The van der Waals surface area contributed by atoms with E-state index < -0.39 is 14.6 Å². The van der Waals surface area contributed by atoms with Gasteiger partial charge in [0.05, 0.1) is 44.8 Å². The molecule has 8 heteroatoms. The lowest BCUT2D eigenvalue weighted by atomic mass is 9.94. The van der Waals surface area contributed by atoms with Gasteiger partial charge in [-0.3, -0.25) is 18.5 Å². The molecule has 2 aromatic heterocycles. The Bertz CT molecular complexity index is 6000. The van der Waals surface area contributed by atoms with Gasteiger partial charge in [-0.1, -0.05) is 200 Å². The third-order valence-electron chi connectivity index (χ3n) is 20.2. The number of anilines is 4. The second-order valence-corrected chi connectivity index (χ2v) is 30.1. The van der Waals surface area contributed by atoms with Gasteiger partial charge in [-0.25, -0.2) is 0 Å². The summed E-state index contributed by atoms with van der Waals surface area (Å²) >= 11 is 0. The zero-order valence-corrected chi connectivity index (χ0v) is 52.2. The molecule has 2 unspecified atom stereocenters. The van der Waals surface area contributed by atoms with Crippen LogP contribution in [-0.2, 0) is 9.13 Å². The van der Waals surface area contributed by atoms with Crippen LogP contribution in [0, 0.1) is 6.92 Å². The number of rotatable bonds is 5. The number of nitrogens with zero attached hydrogens (tertiary/aromatic N) is 4. The monoisotopic (exact) mass is 1220 g/mol. The summed E-state index contributed by atoms with van der Waals surface area (Å²) in [4.78, 5) is 0. The summed E-state index contributed by atoms with van der Waals surface area (Å²) in [5.41, 5.74) is 26.4. The number of fused-ring (bicyclic) bond motifs is 28. The first-order valence-corrected chi connectivity index (χ1v) is 35.1. The van der Waals surface area contributed by atoms with E-state index in [2.05, 4.69) is 311 Å². The van der Waals surface area contributed by atoms with E-state index in [0.717, 1.165) is 150 Å². The van der Waals surface area contributed by atoms with Crippen molar-refractivity contribution in [2.45, 2.75) is 6.92 Å². The van der Waals surface area contributed by atoms with Crippen LogP contribution in [0.5, 0.6) is 0 Å². The molecule has 6 heterocycles. The first kappa shape index (κ1) is 52.5. The summed E-state index contributed by atoms with van der Waals surface area (Å²) in [7, 11) is -6.87. The van der Waals surface area contributed by atoms with Crippen molar-refractivity contribution < 1.29 is 9.13 Å². The van der Waals surface area contributed by atoms with E-state index in [1.54, 1.807) is 0 Å². The minimum atomic E-state index is -3.53. The van der Waals surface area contributed by atoms with Crippen molar-refractivity contribution >= 4 is 102 Å². The Kier molecular flexibility index (Phi) is 10.9. The van der Waals surface area contributed by atoms with Crippen LogP contribution in [0.1, 0.15) is 5.56 Å². The van der Waals surface area contributed by atoms with Gasteiger partial charge in [-0.05, 0) is 178 Å². The summed E-state index contributed by atoms with van der Waals surface area (Å²) in [6.45, 7) is 2.17. The summed E-state index contributed by atoms with van der Waals surface area (Å²) in [6, 6.07) is 110. The summed E-state index contributed by atoms with van der Waals surface area (Å²) < 4.78 is 42.2. The van der Waals surface area contributed by atoms with Crippen LogP contribution in [0.4, 0.5) is 22.7 Å². The van der Waals surface area contributed by atoms with Crippen LogP contribution < -0.4 is 30.6 Å². The lowest BCUT2D eigenvalue weighted by molar-refractivity contribution is 0.586. The molecule has 4 aliphatic heterocycles. The van der Waals surface area contributed by atoms with Crippen molar-refractivity contribution in [3.8, 4) is 89.3 Å². The van der Waals surface area contributed by atoms with Crippen molar-refractivity contribution in [3.05, 3.63) is 315 Å². The van der Waals surface area contributed by atoms with Crippen molar-refractivity contribution in [3.63, 3.8) is 0 Å². The highest BCUT2D eigenvalue weighted by Crippen LogP contribution is 2.68. The SMILES string of the molecule is Cc1ccc2c(c1)c1cc(-c3ccc(-c4ccc5c(c4)P4(=O)c6ccccc6-c6ccccc6N4c4ccc(-c6ccc(-n7c8ccccc8c8ccccc87)cc6)cc4-5)cc3)ccc1n2-c1ccc2c(c1)-c1ccccc1P1(=O)c3ccccc3-c3ccccc3N21. The topological polar surface area (TPSA) is 50.5 Å². The maximum Gasteiger partial charge on any atom is 0.235 e. The average molecular weight is 1230 g/mol. The van der Waals surface area contributed by atoms with E-state index >= 15 is 9.13 Å². The fraction of sp³-hybridized carbons (Fsp3) is 0.0118. The smallest absolute Gasteiger partial charge is 0.235 e. The average Bonchev–Trinajstić information content (AvgIpc) is 1.31. The van der Waals surface area contributed by atoms with Gasteiger partial charge in [0.2, 0.25) is 14.6 Å².